The predicted octanol–water partition coefficient (Wildman–Crippen LogP) is 4.47. The summed E-state index contributed by atoms with van der Waals surface area (Å²) in [5.74, 6) is 0.928. The van der Waals surface area contributed by atoms with Crippen LogP contribution in [0.3, 0.4) is 0 Å². The third kappa shape index (κ3) is 6.65. The molecule has 2 heterocycles. The number of ether oxygens (including phenoxy) is 2. The van der Waals surface area contributed by atoms with Crippen LogP contribution in [0.1, 0.15) is 24.8 Å². The maximum atomic E-state index is 13.1. The van der Waals surface area contributed by atoms with Crippen LogP contribution in [0.25, 0.3) is 0 Å². The molecule has 0 atom stereocenters. The summed E-state index contributed by atoms with van der Waals surface area (Å²) in [6.45, 7) is 4.01. The summed E-state index contributed by atoms with van der Waals surface area (Å²) in [6, 6.07) is 14.7. The predicted molar refractivity (Wildman–Crippen MR) is 132 cm³/mol. The van der Waals surface area contributed by atoms with Gasteiger partial charge in [-0.15, -0.1) is 0 Å². The second-order valence-corrected chi connectivity index (χ2v) is 9.97. The molecule has 2 aromatic carbocycles. The highest BCUT2D eigenvalue weighted by Gasteiger charge is 2.39. The first-order chi connectivity index (χ1) is 16.4. The lowest BCUT2D eigenvalue weighted by Crippen LogP contribution is -2.49. The Morgan fingerprint density at radius 1 is 0.882 bits per heavy atom. The number of likely N-dealkylation sites (tertiary alicyclic amines) is 1. The summed E-state index contributed by atoms with van der Waals surface area (Å²) in [5.41, 5.74) is 0.574. The van der Waals surface area contributed by atoms with Crippen LogP contribution in [0.2, 0.25) is 10.0 Å². The van der Waals surface area contributed by atoms with Gasteiger partial charge in [0, 0.05) is 48.1 Å². The Morgan fingerprint density at radius 3 is 2.24 bits per heavy atom. The number of hydrogen-bond donors (Lipinski definition) is 0. The van der Waals surface area contributed by atoms with Crippen molar-refractivity contribution in [1.29, 1.82) is 0 Å². The number of nitrogens with zero attached hydrogens (tertiary/aromatic N) is 2. The molecule has 0 bridgehead atoms. The summed E-state index contributed by atoms with van der Waals surface area (Å²) in [5, 5.41) is 1.28. The lowest BCUT2D eigenvalue weighted by atomic mass is 9.75. The van der Waals surface area contributed by atoms with Crippen LogP contribution < -0.4 is 4.74 Å². The molecular weight excluding hydrogens is 475 g/mol. The maximum Gasteiger partial charge on any atom is 0.226 e. The standard InChI is InChI=1S/C26H30Cl2N2O4/c27-21-4-6-23(7-5-21)34-19-26(18-25(32)30-12-14-33-15-13-30)8-10-29(11-9-26)24(31)17-20-2-1-3-22(28)16-20/h1-7,16H,8-15,17-19H2. The van der Waals surface area contributed by atoms with Gasteiger partial charge in [0.1, 0.15) is 5.75 Å². The van der Waals surface area contributed by atoms with Crippen LogP contribution in [-0.2, 0) is 20.7 Å². The number of benzene rings is 2. The number of carbonyl (C=O) groups excluding carboxylic acids is 2. The van der Waals surface area contributed by atoms with Gasteiger partial charge in [-0.2, -0.15) is 0 Å². The van der Waals surface area contributed by atoms with E-state index in [0.29, 0.717) is 81.7 Å². The van der Waals surface area contributed by atoms with Gasteiger partial charge in [0.25, 0.3) is 0 Å². The van der Waals surface area contributed by atoms with Crippen molar-refractivity contribution in [3.05, 3.63) is 64.1 Å². The molecule has 0 radical (unpaired) electrons. The van der Waals surface area contributed by atoms with Crippen LogP contribution in [0, 0.1) is 5.41 Å². The van der Waals surface area contributed by atoms with Crippen molar-refractivity contribution in [2.45, 2.75) is 25.7 Å². The molecule has 182 valence electrons. The Hall–Kier alpha value is -2.28. The molecule has 0 spiro atoms. The van der Waals surface area contributed by atoms with E-state index in [1.165, 1.54) is 0 Å². The van der Waals surface area contributed by atoms with Gasteiger partial charge in [-0.25, -0.2) is 0 Å². The van der Waals surface area contributed by atoms with E-state index in [-0.39, 0.29) is 17.2 Å². The minimum atomic E-state index is -0.331. The summed E-state index contributed by atoms with van der Waals surface area (Å²) in [7, 11) is 0. The van der Waals surface area contributed by atoms with Gasteiger partial charge in [0.05, 0.1) is 26.2 Å². The normalized spacial score (nSPS) is 17.9. The van der Waals surface area contributed by atoms with Gasteiger partial charge in [-0.1, -0.05) is 35.3 Å². The second kappa shape index (κ2) is 11.4. The van der Waals surface area contributed by atoms with Crippen LogP contribution in [0.4, 0.5) is 0 Å². The van der Waals surface area contributed by atoms with E-state index in [1.807, 2.05) is 40.1 Å². The van der Waals surface area contributed by atoms with Crippen LogP contribution in [-0.4, -0.2) is 67.6 Å². The van der Waals surface area contributed by atoms with E-state index in [9.17, 15) is 9.59 Å². The summed E-state index contributed by atoms with van der Waals surface area (Å²) < 4.78 is 11.5. The number of amides is 2. The zero-order valence-electron chi connectivity index (χ0n) is 19.2. The monoisotopic (exact) mass is 504 g/mol. The summed E-state index contributed by atoms with van der Waals surface area (Å²) in [4.78, 5) is 29.8. The van der Waals surface area contributed by atoms with Gasteiger partial charge in [0.15, 0.2) is 0 Å². The Balaban J connectivity index is 1.41. The third-order valence-corrected chi connectivity index (χ3v) is 7.16. The highest BCUT2D eigenvalue weighted by atomic mass is 35.5. The van der Waals surface area contributed by atoms with E-state index in [1.54, 1.807) is 18.2 Å². The van der Waals surface area contributed by atoms with E-state index < -0.39 is 0 Å². The minimum absolute atomic E-state index is 0.0778. The maximum absolute atomic E-state index is 13.1. The van der Waals surface area contributed by atoms with E-state index in [2.05, 4.69) is 0 Å². The molecule has 4 rings (SSSR count). The number of piperidine rings is 1. The first-order valence-electron chi connectivity index (χ1n) is 11.7. The molecule has 2 fully saturated rings. The zero-order valence-corrected chi connectivity index (χ0v) is 20.7. The topological polar surface area (TPSA) is 59.1 Å². The first-order valence-corrected chi connectivity index (χ1v) is 12.4. The average molecular weight is 505 g/mol. The molecule has 2 aromatic rings. The average Bonchev–Trinajstić information content (AvgIpc) is 2.85. The van der Waals surface area contributed by atoms with Crippen molar-refractivity contribution in [1.82, 2.24) is 9.80 Å². The molecule has 0 N–H and O–H groups in total. The molecule has 2 saturated heterocycles. The van der Waals surface area contributed by atoms with Crippen molar-refractivity contribution in [2.24, 2.45) is 5.41 Å². The van der Waals surface area contributed by atoms with Gasteiger partial charge >= 0.3 is 0 Å². The van der Waals surface area contributed by atoms with Gasteiger partial charge in [0.2, 0.25) is 11.8 Å². The van der Waals surface area contributed by atoms with Crippen molar-refractivity contribution >= 4 is 35.0 Å². The minimum Gasteiger partial charge on any atom is -0.493 e. The SMILES string of the molecule is O=C(Cc1cccc(Cl)c1)N1CCC(COc2ccc(Cl)cc2)(CC(=O)N2CCOCC2)CC1. The van der Waals surface area contributed by atoms with E-state index in [0.717, 1.165) is 11.3 Å². The van der Waals surface area contributed by atoms with Crippen molar-refractivity contribution < 1.29 is 19.1 Å². The highest BCUT2D eigenvalue weighted by Crippen LogP contribution is 2.37. The highest BCUT2D eigenvalue weighted by molar-refractivity contribution is 6.30. The van der Waals surface area contributed by atoms with E-state index in [4.69, 9.17) is 32.7 Å². The van der Waals surface area contributed by atoms with Crippen LogP contribution in [0.5, 0.6) is 5.75 Å². The van der Waals surface area contributed by atoms with Gasteiger partial charge < -0.3 is 19.3 Å². The summed E-state index contributed by atoms with van der Waals surface area (Å²) >= 11 is 12.1. The smallest absolute Gasteiger partial charge is 0.226 e. The molecule has 2 aliphatic heterocycles. The molecule has 34 heavy (non-hydrogen) atoms. The Kier molecular flexibility index (Phi) is 8.35. The van der Waals surface area contributed by atoms with Crippen molar-refractivity contribution in [2.75, 3.05) is 46.0 Å². The van der Waals surface area contributed by atoms with Crippen molar-refractivity contribution in [3.8, 4) is 5.75 Å². The number of hydrogen-bond acceptors (Lipinski definition) is 4. The number of rotatable bonds is 7. The molecule has 2 aliphatic rings. The Bertz CT molecular complexity index is 985. The number of carbonyl (C=O) groups is 2. The fourth-order valence-electron chi connectivity index (χ4n) is 4.55. The lowest BCUT2D eigenvalue weighted by molar-refractivity contribution is -0.140. The van der Waals surface area contributed by atoms with Crippen molar-refractivity contribution in [3.63, 3.8) is 0 Å². The van der Waals surface area contributed by atoms with E-state index >= 15 is 0 Å². The van der Waals surface area contributed by atoms with Crippen LogP contribution in [0.15, 0.2) is 48.5 Å². The lowest BCUT2D eigenvalue weighted by Gasteiger charge is -2.42. The molecule has 6 nitrogen and oxygen atoms in total. The molecule has 0 aromatic heterocycles. The molecular formula is C26H30Cl2N2O4. The molecule has 0 saturated carbocycles. The zero-order chi connectivity index (χ0) is 24.0. The molecule has 0 unspecified atom stereocenters. The number of halogens is 2. The fourth-order valence-corrected chi connectivity index (χ4v) is 4.89. The quantitative estimate of drug-likeness (QED) is 0.557. The second-order valence-electron chi connectivity index (χ2n) is 9.10. The Labute approximate surface area is 210 Å². The van der Waals surface area contributed by atoms with Gasteiger partial charge in [-0.05, 0) is 54.8 Å². The number of morpholine rings is 1. The first kappa shape index (κ1) is 24.8. The Morgan fingerprint density at radius 2 is 1.56 bits per heavy atom. The molecule has 2 amide bonds. The van der Waals surface area contributed by atoms with Crippen LogP contribution >= 0.6 is 23.2 Å². The summed E-state index contributed by atoms with van der Waals surface area (Å²) in [6.07, 6.45) is 2.13. The van der Waals surface area contributed by atoms with Gasteiger partial charge in [-0.3, -0.25) is 9.59 Å². The molecule has 0 aliphatic carbocycles. The fraction of sp³-hybridized carbons (Fsp3) is 0.462. The largest absolute Gasteiger partial charge is 0.493 e. The molecule has 8 heteroatoms. The third-order valence-electron chi connectivity index (χ3n) is 6.67.